The van der Waals surface area contributed by atoms with Crippen LogP contribution in [0.25, 0.3) is 16.6 Å². The van der Waals surface area contributed by atoms with E-state index >= 15 is 0 Å². The van der Waals surface area contributed by atoms with Gasteiger partial charge in [-0.2, -0.15) is 9.61 Å². The van der Waals surface area contributed by atoms with Crippen LogP contribution in [0.15, 0.2) is 30.3 Å². The molecular formula is C22H25FN6. The van der Waals surface area contributed by atoms with Crippen molar-refractivity contribution in [1.82, 2.24) is 24.5 Å². The Kier molecular flexibility index (Phi) is 4.28. The average molecular weight is 392 g/mol. The zero-order valence-corrected chi connectivity index (χ0v) is 16.7. The number of rotatable bonds is 3. The second kappa shape index (κ2) is 6.84. The summed E-state index contributed by atoms with van der Waals surface area (Å²) in [5, 5.41) is 5.35. The predicted molar refractivity (Wildman–Crippen MR) is 112 cm³/mol. The molecule has 0 saturated carbocycles. The lowest BCUT2D eigenvalue weighted by Crippen LogP contribution is -2.33. The highest BCUT2D eigenvalue weighted by Gasteiger charge is 2.24. The van der Waals surface area contributed by atoms with Gasteiger partial charge >= 0.3 is 0 Å². The van der Waals surface area contributed by atoms with E-state index < -0.39 is 0 Å². The summed E-state index contributed by atoms with van der Waals surface area (Å²) in [6, 6.07) is 8.87. The molecule has 0 spiro atoms. The van der Waals surface area contributed by atoms with E-state index in [9.17, 15) is 4.39 Å². The number of anilines is 1. The van der Waals surface area contributed by atoms with Crippen LogP contribution in [0, 0.1) is 19.7 Å². The predicted octanol–water partition coefficient (Wildman–Crippen LogP) is 3.93. The molecule has 1 aromatic carbocycles. The molecule has 0 atom stereocenters. The number of benzene rings is 1. The van der Waals surface area contributed by atoms with Crippen LogP contribution in [0.1, 0.15) is 41.4 Å². The van der Waals surface area contributed by atoms with E-state index in [0.717, 1.165) is 66.0 Å². The molecule has 3 aromatic heterocycles. The molecule has 4 aromatic rings. The normalized spacial score (nSPS) is 16.2. The zero-order chi connectivity index (χ0) is 20.1. The van der Waals surface area contributed by atoms with Crippen LogP contribution in [0.4, 0.5) is 10.2 Å². The number of nitrogen functional groups attached to an aromatic ring is 1. The molecule has 0 bridgehead atoms. The summed E-state index contributed by atoms with van der Waals surface area (Å²) in [5.74, 6) is 0.859. The number of halogens is 1. The molecule has 1 fully saturated rings. The maximum atomic E-state index is 13.6. The Morgan fingerprint density at radius 1 is 1.17 bits per heavy atom. The van der Waals surface area contributed by atoms with E-state index in [2.05, 4.69) is 21.9 Å². The first-order valence-electron chi connectivity index (χ1n) is 10.1. The van der Waals surface area contributed by atoms with Gasteiger partial charge in [-0.1, -0.05) is 0 Å². The number of fused-ring (bicyclic) bond motifs is 2. The number of nitrogens with zero attached hydrogens (tertiary/aromatic N) is 4. The molecule has 29 heavy (non-hydrogen) atoms. The number of aryl methyl sites for hydroxylation is 2. The number of H-pyrrole nitrogens is 1. The van der Waals surface area contributed by atoms with Crippen molar-refractivity contribution in [1.29, 1.82) is 0 Å². The second-order valence-electron chi connectivity index (χ2n) is 8.13. The fourth-order valence-electron chi connectivity index (χ4n) is 4.46. The Labute approximate surface area is 168 Å². The molecule has 7 heteroatoms. The SMILES string of the molecule is Cc1cc2nc(C3CCN(Cc4[nH]c5ccc(F)cc5c4C)CC3)cc(N)n2n1. The van der Waals surface area contributed by atoms with Gasteiger partial charge in [0.1, 0.15) is 11.6 Å². The van der Waals surface area contributed by atoms with E-state index in [4.69, 9.17) is 10.7 Å². The fraction of sp³-hybridized carbons (Fsp3) is 0.364. The second-order valence-corrected chi connectivity index (χ2v) is 8.13. The van der Waals surface area contributed by atoms with Gasteiger partial charge in [0.25, 0.3) is 0 Å². The minimum Gasteiger partial charge on any atom is -0.384 e. The number of aromatic amines is 1. The first-order chi connectivity index (χ1) is 14.0. The maximum absolute atomic E-state index is 13.6. The highest BCUT2D eigenvalue weighted by molar-refractivity contribution is 5.84. The van der Waals surface area contributed by atoms with Gasteiger partial charge in [0.15, 0.2) is 5.65 Å². The Morgan fingerprint density at radius 2 is 1.97 bits per heavy atom. The average Bonchev–Trinajstić information content (AvgIpc) is 3.22. The summed E-state index contributed by atoms with van der Waals surface area (Å²) in [7, 11) is 0. The summed E-state index contributed by atoms with van der Waals surface area (Å²) >= 11 is 0. The van der Waals surface area contributed by atoms with Crippen molar-refractivity contribution < 1.29 is 4.39 Å². The lowest BCUT2D eigenvalue weighted by Gasteiger charge is -2.31. The number of piperidine rings is 1. The largest absolute Gasteiger partial charge is 0.384 e. The molecule has 0 unspecified atom stereocenters. The number of nitrogens with two attached hydrogens (primary N) is 1. The van der Waals surface area contributed by atoms with E-state index in [-0.39, 0.29) is 5.82 Å². The number of hydrogen-bond donors (Lipinski definition) is 2. The van der Waals surface area contributed by atoms with Crippen molar-refractivity contribution in [3.8, 4) is 0 Å². The molecule has 1 saturated heterocycles. The molecule has 4 heterocycles. The van der Waals surface area contributed by atoms with Crippen molar-refractivity contribution in [2.45, 2.75) is 39.2 Å². The maximum Gasteiger partial charge on any atom is 0.157 e. The standard InChI is InChI=1S/C22H25FN6/c1-13-9-22-26-19(11-21(24)29(22)27-13)15-5-7-28(8-6-15)12-20-14(2)17-10-16(23)3-4-18(17)25-20/h3-4,9-11,15,25H,5-8,12,24H2,1-2H3. The Bertz CT molecular complexity index is 1200. The third kappa shape index (κ3) is 3.25. The van der Waals surface area contributed by atoms with Gasteiger partial charge in [0.05, 0.1) is 5.69 Å². The summed E-state index contributed by atoms with van der Waals surface area (Å²) in [4.78, 5) is 10.7. The van der Waals surface area contributed by atoms with Gasteiger partial charge in [0, 0.05) is 46.9 Å². The third-order valence-corrected chi connectivity index (χ3v) is 6.11. The smallest absolute Gasteiger partial charge is 0.157 e. The van der Waals surface area contributed by atoms with E-state index in [1.807, 2.05) is 25.1 Å². The topological polar surface area (TPSA) is 75.2 Å². The van der Waals surface area contributed by atoms with Crippen LogP contribution in [-0.4, -0.2) is 37.6 Å². The first kappa shape index (κ1) is 18.1. The van der Waals surface area contributed by atoms with Crippen molar-refractivity contribution >= 4 is 22.4 Å². The number of likely N-dealkylation sites (tertiary alicyclic amines) is 1. The van der Waals surface area contributed by atoms with Gasteiger partial charge < -0.3 is 10.7 Å². The molecular weight excluding hydrogens is 367 g/mol. The zero-order valence-electron chi connectivity index (χ0n) is 16.7. The minimum atomic E-state index is -0.191. The monoisotopic (exact) mass is 392 g/mol. The number of nitrogens with one attached hydrogen (secondary N) is 1. The highest BCUT2D eigenvalue weighted by Crippen LogP contribution is 2.30. The lowest BCUT2D eigenvalue weighted by molar-refractivity contribution is 0.201. The molecule has 3 N–H and O–H groups in total. The summed E-state index contributed by atoms with van der Waals surface area (Å²) in [6.45, 7) is 6.87. The summed E-state index contributed by atoms with van der Waals surface area (Å²) < 4.78 is 15.3. The van der Waals surface area contributed by atoms with Crippen molar-refractivity contribution in [2.24, 2.45) is 0 Å². The van der Waals surface area contributed by atoms with Crippen LogP contribution in [0.5, 0.6) is 0 Å². The van der Waals surface area contributed by atoms with E-state index in [1.165, 1.54) is 11.8 Å². The lowest BCUT2D eigenvalue weighted by atomic mass is 9.93. The van der Waals surface area contributed by atoms with Crippen molar-refractivity contribution in [3.05, 3.63) is 58.8 Å². The molecule has 0 amide bonds. The van der Waals surface area contributed by atoms with Crippen LogP contribution in [-0.2, 0) is 6.54 Å². The number of aromatic nitrogens is 4. The van der Waals surface area contributed by atoms with Gasteiger partial charge in [0.2, 0.25) is 0 Å². The molecule has 1 aliphatic rings. The fourth-order valence-corrected chi connectivity index (χ4v) is 4.46. The Balaban J connectivity index is 1.30. The minimum absolute atomic E-state index is 0.191. The van der Waals surface area contributed by atoms with Crippen LogP contribution in [0.2, 0.25) is 0 Å². The van der Waals surface area contributed by atoms with Gasteiger partial charge in [-0.25, -0.2) is 9.37 Å². The van der Waals surface area contributed by atoms with E-state index in [1.54, 1.807) is 10.6 Å². The van der Waals surface area contributed by atoms with Gasteiger partial charge in [-0.15, -0.1) is 0 Å². The molecule has 0 radical (unpaired) electrons. The molecule has 0 aliphatic carbocycles. The third-order valence-electron chi connectivity index (χ3n) is 6.11. The van der Waals surface area contributed by atoms with Crippen molar-refractivity contribution in [3.63, 3.8) is 0 Å². The molecule has 150 valence electrons. The quantitative estimate of drug-likeness (QED) is 0.554. The van der Waals surface area contributed by atoms with Crippen LogP contribution in [0.3, 0.4) is 0 Å². The van der Waals surface area contributed by atoms with Gasteiger partial charge in [-0.3, -0.25) is 4.90 Å². The summed E-state index contributed by atoms with van der Waals surface area (Å²) in [5.41, 5.74) is 12.3. The first-order valence-corrected chi connectivity index (χ1v) is 10.1. The van der Waals surface area contributed by atoms with Crippen molar-refractivity contribution in [2.75, 3.05) is 18.8 Å². The Hall–Kier alpha value is -2.93. The molecule has 1 aliphatic heterocycles. The summed E-state index contributed by atoms with van der Waals surface area (Å²) in [6.07, 6.45) is 2.09. The molecule has 5 rings (SSSR count). The van der Waals surface area contributed by atoms with Crippen LogP contribution >= 0.6 is 0 Å². The number of hydrogen-bond acceptors (Lipinski definition) is 4. The highest BCUT2D eigenvalue weighted by atomic mass is 19.1. The Morgan fingerprint density at radius 3 is 2.76 bits per heavy atom. The van der Waals surface area contributed by atoms with Gasteiger partial charge in [-0.05, 0) is 63.5 Å². The molecule has 6 nitrogen and oxygen atoms in total. The van der Waals surface area contributed by atoms with E-state index in [0.29, 0.717) is 11.7 Å². The van der Waals surface area contributed by atoms with Crippen LogP contribution < -0.4 is 5.73 Å².